The summed E-state index contributed by atoms with van der Waals surface area (Å²) in [5, 5.41) is 22.3. The van der Waals surface area contributed by atoms with E-state index in [1.807, 2.05) is 51.1 Å². The molecule has 4 rings (SSSR count). The summed E-state index contributed by atoms with van der Waals surface area (Å²) in [6, 6.07) is 13.5. The van der Waals surface area contributed by atoms with Crippen LogP contribution < -0.4 is 32.3 Å². The minimum atomic E-state index is -1.60. The van der Waals surface area contributed by atoms with Crippen LogP contribution in [0.1, 0.15) is 56.5 Å². The topological polar surface area (TPSA) is 247 Å². The maximum atomic E-state index is 15.2. The number of nitrogens with zero attached hydrogens (tertiary/aromatic N) is 3. The van der Waals surface area contributed by atoms with Gasteiger partial charge in [-0.15, -0.1) is 0 Å². The molecule has 4 aromatic rings. The molecule has 0 radical (unpaired) electrons. The number of hydrogen-bond donors (Lipinski definition) is 7. The maximum Gasteiger partial charge on any atom is 0.248 e. The van der Waals surface area contributed by atoms with Crippen molar-refractivity contribution >= 4 is 41.4 Å². The largest absolute Gasteiger partial charge is 0.387 e. The van der Waals surface area contributed by atoms with Gasteiger partial charge in [-0.2, -0.15) is 0 Å². The van der Waals surface area contributed by atoms with Crippen LogP contribution in [-0.4, -0.2) is 106 Å². The number of aliphatic hydroxyl groups is 1. The molecule has 0 saturated carbocycles. The van der Waals surface area contributed by atoms with Crippen molar-refractivity contribution in [1.82, 2.24) is 41.0 Å². The van der Waals surface area contributed by atoms with E-state index < -0.39 is 103 Å². The lowest BCUT2D eigenvalue weighted by atomic mass is 9.82. The minimum absolute atomic E-state index is 0.00568. The molecule has 0 spiro atoms. The Morgan fingerprint density at radius 1 is 0.825 bits per heavy atom. The number of nitrogens with two attached hydrogens (primary N) is 1. The quantitative estimate of drug-likeness (QED) is 0.0636. The first-order valence-corrected chi connectivity index (χ1v) is 20.0. The number of benzene rings is 2. The molecule has 3 atom stereocenters. The fourth-order valence-corrected chi connectivity index (χ4v) is 6.91. The predicted molar refractivity (Wildman–Crippen MR) is 227 cm³/mol. The molecule has 0 saturated heterocycles. The zero-order valence-corrected chi connectivity index (χ0v) is 35.5. The highest BCUT2D eigenvalue weighted by Crippen LogP contribution is 2.41. The van der Waals surface area contributed by atoms with Crippen molar-refractivity contribution in [3.05, 3.63) is 114 Å². The summed E-state index contributed by atoms with van der Waals surface area (Å²) in [7, 11) is 1.31. The first kappa shape index (κ1) is 48.6. The van der Waals surface area contributed by atoms with Gasteiger partial charge in [0, 0.05) is 55.5 Å². The van der Waals surface area contributed by atoms with Crippen LogP contribution in [0.25, 0.3) is 11.1 Å². The van der Waals surface area contributed by atoms with Crippen LogP contribution in [0.3, 0.4) is 0 Å². The maximum absolute atomic E-state index is 15.2. The molecule has 0 unspecified atom stereocenters. The standard InChI is InChI=1S/C44H53F2N9O8/c1-44(2,3)41(35-19-29(31-20-30(45)10-11-32(31)46)25-54(35)24-28-8-6-5-7-9-28)55(40(61)26-56)17-14-33(42(62)48-4)53-43(63)34(21-36(47)57)52-39(60)23-51-38(59)22-50-37(58)18-27-12-15-49-16-13-27/h5-13,15-16,19-20,25,33-34,41,56H,14,17-18,21-24,26H2,1-4H3,(H2,47,57)(H,48,62)(H,50,58)(H,51,59)(H,52,60)(H,53,63)/t33-,34-,41-/m0/s1. The van der Waals surface area contributed by atoms with Crippen LogP contribution in [-0.2, 0) is 46.5 Å². The molecule has 0 aliphatic rings. The lowest BCUT2D eigenvalue weighted by molar-refractivity contribution is -0.140. The van der Waals surface area contributed by atoms with E-state index in [1.165, 1.54) is 24.3 Å². The Morgan fingerprint density at radius 2 is 1.49 bits per heavy atom. The Bertz CT molecular complexity index is 2250. The lowest BCUT2D eigenvalue weighted by Gasteiger charge is -2.41. The van der Waals surface area contributed by atoms with Gasteiger partial charge in [0.2, 0.25) is 41.4 Å². The molecule has 8 N–H and O–H groups in total. The third-order valence-corrected chi connectivity index (χ3v) is 9.83. The molecule has 0 aliphatic heterocycles. The van der Waals surface area contributed by atoms with E-state index in [0.717, 1.165) is 23.8 Å². The summed E-state index contributed by atoms with van der Waals surface area (Å²) in [6.07, 6.45) is 3.75. The van der Waals surface area contributed by atoms with Gasteiger partial charge in [-0.05, 0) is 59.4 Å². The third-order valence-electron chi connectivity index (χ3n) is 9.83. The van der Waals surface area contributed by atoms with E-state index in [9.17, 15) is 43.1 Å². The molecule has 0 aliphatic carbocycles. The minimum Gasteiger partial charge on any atom is -0.387 e. The number of aliphatic hydroxyl groups excluding tert-OH is 1. The third kappa shape index (κ3) is 14.6. The van der Waals surface area contributed by atoms with Crippen LogP contribution in [0.5, 0.6) is 0 Å². The number of likely N-dealkylation sites (N-methyl/N-ethyl adjacent to an activating group) is 1. The lowest BCUT2D eigenvalue weighted by Crippen LogP contribution is -2.56. The molecular weight excluding hydrogens is 821 g/mol. The summed E-state index contributed by atoms with van der Waals surface area (Å²) in [6.45, 7) is 3.52. The highest BCUT2D eigenvalue weighted by molar-refractivity contribution is 5.95. The highest BCUT2D eigenvalue weighted by Gasteiger charge is 2.38. The number of carbonyl (C=O) groups excluding carboxylic acids is 7. The average molecular weight is 874 g/mol. The van der Waals surface area contributed by atoms with Gasteiger partial charge in [0.1, 0.15) is 30.3 Å². The Labute approximate surface area is 363 Å². The number of amides is 7. The molecular formula is C44H53F2N9O8. The second-order valence-electron chi connectivity index (χ2n) is 15.7. The highest BCUT2D eigenvalue weighted by atomic mass is 19.1. The van der Waals surface area contributed by atoms with Crippen LogP contribution in [0, 0.1) is 17.0 Å². The Hall–Kier alpha value is -7.02. The molecule has 336 valence electrons. The van der Waals surface area contributed by atoms with E-state index in [0.29, 0.717) is 16.8 Å². The molecule has 2 aromatic carbocycles. The number of rotatable bonds is 21. The normalized spacial score (nSPS) is 12.6. The van der Waals surface area contributed by atoms with Gasteiger partial charge in [0.25, 0.3) is 0 Å². The predicted octanol–water partition coefficient (Wildman–Crippen LogP) is 1.24. The number of nitrogens with one attached hydrogen (secondary N) is 5. The smallest absolute Gasteiger partial charge is 0.248 e. The second-order valence-corrected chi connectivity index (χ2v) is 15.7. The Morgan fingerprint density at radius 3 is 2.13 bits per heavy atom. The first-order chi connectivity index (χ1) is 29.9. The Balaban J connectivity index is 1.54. The van der Waals surface area contributed by atoms with Gasteiger partial charge in [0.15, 0.2) is 0 Å². The van der Waals surface area contributed by atoms with Crippen LogP contribution >= 0.6 is 0 Å². The molecule has 2 heterocycles. The van der Waals surface area contributed by atoms with E-state index in [-0.39, 0.29) is 31.5 Å². The molecule has 19 heteroatoms. The van der Waals surface area contributed by atoms with E-state index >= 15 is 4.39 Å². The van der Waals surface area contributed by atoms with Crippen LogP contribution in [0.2, 0.25) is 0 Å². The van der Waals surface area contributed by atoms with E-state index in [2.05, 4.69) is 31.6 Å². The molecule has 7 amide bonds. The summed E-state index contributed by atoms with van der Waals surface area (Å²) in [5.74, 6) is -6.80. The van der Waals surface area contributed by atoms with Gasteiger partial charge in [-0.3, -0.25) is 38.5 Å². The summed E-state index contributed by atoms with van der Waals surface area (Å²) in [4.78, 5) is 95.2. The van der Waals surface area contributed by atoms with Gasteiger partial charge >= 0.3 is 0 Å². The fraction of sp³-hybridized carbons (Fsp3) is 0.364. The number of hydrogen-bond acceptors (Lipinski definition) is 9. The van der Waals surface area contributed by atoms with Gasteiger partial charge in [-0.1, -0.05) is 51.1 Å². The van der Waals surface area contributed by atoms with Crippen molar-refractivity contribution in [2.75, 3.05) is 33.3 Å². The first-order valence-electron chi connectivity index (χ1n) is 20.0. The number of primary amides is 1. The van der Waals surface area contributed by atoms with Crippen molar-refractivity contribution in [3.63, 3.8) is 0 Å². The molecule has 17 nitrogen and oxygen atoms in total. The number of pyridine rings is 1. The molecule has 63 heavy (non-hydrogen) atoms. The number of carbonyl (C=O) groups is 7. The van der Waals surface area contributed by atoms with Gasteiger partial charge < -0.3 is 46.9 Å². The van der Waals surface area contributed by atoms with Gasteiger partial charge in [-0.25, -0.2) is 8.78 Å². The second kappa shape index (κ2) is 22.7. The average Bonchev–Trinajstić information content (AvgIpc) is 3.64. The SMILES string of the molecule is CNC(=O)[C@H](CCN(C(=O)CO)[C@@H](c1cc(-c2cc(F)ccc2F)cn1Cc1ccccc1)C(C)(C)C)NC(=O)[C@H](CC(N)=O)NC(=O)CNC(=O)CNC(=O)Cc1ccncc1. The van der Waals surface area contributed by atoms with E-state index in [4.69, 9.17) is 5.73 Å². The number of halogens is 2. The van der Waals surface area contributed by atoms with Gasteiger partial charge in [0.05, 0.1) is 32.0 Å². The summed E-state index contributed by atoms with van der Waals surface area (Å²) in [5.41, 5.74) is 6.93. The summed E-state index contributed by atoms with van der Waals surface area (Å²) >= 11 is 0. The van der Waals surface area contributed by atoms with Crippen molar-refractivity contribution in [2.45, 2.75) is 64.7 Å². The Kier molecular flexibility index (Phi) is 17.5. The van der Waals surface area contributed by atoms with Crippen molar-refractivity contribution in [2.24, 2.45) is 11.1 Å². The van der Waals surface area contributed by atoms with E-state index in [1.54, 1.807) is 29.0 Å². The molecule has 2 aromatic heterocycles. The number of aromatic nitrogens is 2. The fourth-order valence-electron chi connectivity index (χ4n) is 6.91. The van der Waals surface area contributed by atoms with Crippen LogP contribution in [0.15, 0.2) is 85.3 Å². The summed E-state index contributed by atoms with van der Waals surface area (Å²) < 4.78 is 31.4. The van der Waals surface area contributed by atoms with Crippen molar-refractivity contribution < 1.29 is 47.4 Å². The monoisotopic (exact) mass is 873 g/mol. The molecule has 0 fully saturated rings. The zero-order chi connectivity index (χ0) is 46.3. The van der Waals surface area contributed by atoms with Crippen LogP contribution in [0.4, 0.5) is 8.78 Å². The van der Waals surface area contributed by atoms with Crippen molar-refractivity contribution in [3.8, 4) is 11.1 Å². The molecule has 0 bridgehead atoms. The van der Waals surface area contributed by atoms with Crippen molar-refractivity contribution in [1.29, 1.82) is 0 Å². The zero-order valence-electron chi connectivity index (χ0n) is 35.5.